The highest BCUT2D eigenvalue weighted by Gasteiger charge is 2.22. The summed E-state index contributed by atoms with van der Waals surface area (Å²) in [7, 11) is 0. The van der Waals surface area contributed by atoms with E-state index in [0.717, 1.165) is 0 Å². The topological polar surface area (TPSA) is 56.7 Å². The number of imidazole rings is 1. The minimum Gasteiger partial charge on any atom is -0.339 e. The van der Waals surface area contributed by atoms with Gasteiger partial charge in [-0.1, -0.05) is 34.4 Å². The van der Waals surface area contributed by atoms with Gasteiger partial charge in [-0.25, -0.2) is 13.8 Å². The van der Waals surface area contributed by atoms with Crippen LogP contribution >= 0.6 is 23.2 Å². The second kappa shape index (κ2) is 6.75. The Bertz CT molecular complexity index is 1160. The summed E-state index contributed by atoms with van der Waals surface area (Å²) in [5.41, 5.74) is 1.40. The van der Waals surface area contributed by atoms with Crippen LogP contribution in [0.4, 0.5) is 8.78 Å². The molecule has 0 aliphatic heterocycles. The van der Waals surface area contributed by atoms with Crippen LogP contribution in [0, 0.1) is 18.6 Å². The van der Waals surface area contributed by atoms with Crippen molar-refractivity contribution in [3.05, 3.63) is 70.3 Å². The first-order valence-electron chi connectivity index (χ1n) is 7.73. The molecule has 0 saturated carbocycles. The average Bonchev–Trinajstić information content (AvgIpc) is 3.26. The lowest BCUT2D eigenvalue weighted by Gasteiger charge is -2.11. The van der Waals surface area contributed by atoms with Crippen molar-refractivity contribution in [2.24, 2.45) is 0 Å². The molecule has 0 unspecified atom stereocenters. The van der Waals surface area contributed by atoms with Crippen molar-refractivity contribution in [3.63, 3.8) is 0 Å². The van der Waals surface area contributed by atoms with Crippen LogP contribution in [-0.4, -0.2) is 19.7 Å². The third kappa shape index (κ3) is 3.09. The minimum absolute atomic E-state index is 0.0405. The molecule has 2 aromatic carbocycles. The van der Waals surface area contributed by atoms with Crippen LogP contribution < -0.4 is 0 Å². The van der Waals surface area contributed by atoms with Crippen LogP contribution in [0.1, 0.15) is 5.89 Å². The largest absolute Gasteiger partial charge is 0.339 e. The van der Waals surface area contributed by atoms with Crippen LogP contribution in [0.5, 0.6) is 0 Å². The summed E-state index contributed by atoms with van der Waals surface area (Å²) < 4.78 is 34.8. The molecular weight excluding hydrogens is 397 g/mol. The van der Waals surface area contributed by atoms with E-state index in [9.17, 15) is 8.78 Å². The maximum atomic E-state index is 14.6. The van der Waals surface area contributed by atoms with Gasteiger partial charge in [-0.05, 0) is 30.3 Å². The van der Waals surface area contributed by atoms with E-state index in [1.54, 1.807) is 19.1 Å². The molecule has 0 bridgehead atoms. The van der Waals surface area contributed by atoms with Gasteiger partial charge in [0.2, 0.25) is 11.7 Å². The SMILES string of the molecule is Cc1nc(-c2ncn(-c3cccc(Cl)c3F)c2-c2ccc(F)c(Cl)c2)no1. The summed E-state index contributed by atoms with van der Waals surface area (Å²) in [5, 5.41) is 3.75. The summed E-state index contributed by atoms with van der Waals surface area (Å²) in [5.74, 6) is -0.639. The van der Waals surface area contributed by atoms with Gasteiger partial charge < -0.3 is 4.52 Å². The molecule has 0 spiro atoms. The van der Waals surface area contributed by atoms with Crippen molar-refractivity contribution in [1.82, 2.24) is 19.7 Å². The lowest BCUT2D eigenvalue weighted by atomic mass is 10.1. The molecule has 0 fully saturated rings. The van der Waals surface area contributed by atoms with Crippen LogP contribution in [0.15, 0.2) is 47.2 Å². The quantitative estimate of drug-likeness (QED) is 0.451. The van der Waals surface area contributed by atoms with Gasteiger partial charge >= 0.3 is 0 Å². The molecule has 2 aromatic heterocycles. The molecule has 0 radical (unpaired) electrons. The summed E-state index contributed by atoms with van der Waals surface area (Å²) in [4.78, 5) is 8.48. The van der Waals surface area contributed by atoms with E-state index in [1.807, 2.05) is 0 Å². The third-order valence-corrected chi connectivity index (χ3v) is 4.47. The molecule has 9 heteroatoms. The highest BCUT2D eigenvalue weighted by atomic mass is 35.5. The fourth-order valence-electron chi connectivity index (χ4n) is 2.69. The maximum absolute atomic E-state index is 14.6. The molecule has 5 nitrogen and oxygen atoms in total. The summed E-state index contributed by atoms with van der Waals surface area (Å²) in [6, 6.07) is 8.74. The van der Waals surface area contributed by atoms with Gasteiger partial charge in [0, 0.05) is 12.5 Å². The van der Waals surface area contributed by atoms with E-state index in [4.69, 9.17) is 27.7 Å². The van der Waals surface area contributed by atoms with Crippen molar-refractivity contribution in [2.45, 2.75) is 6.92 Å². The Kier molecular flexibility index (Phi) is 4.41. The first-order chi connectivity index (χ1) is 13.0. The average molecular weight is 407 g/mol. The van der Waals surface area contributed by atoms with E-state index in [1.165, 1.54) is 35.2 Å². The molecule has 27 heavy (non-hydrogen) atoms. The fraction of sp³-hybridized carbons (Fsp3) is 0.0556. The molecule has 0 amide bonds. The number of aryl methyl sites for hydroxylation is 1. The molecule has 4 aromatic rings. The number of rotatable bonds is 3. The smallest absolute Gasteiger partial charge is 0.223 e. The summed E-state index contributed by atoms with van der Waals surface area (Å²) in [6.45, 7) is 1.64. The minimum atomic E-state index is -0.623. The third-order valence-electron chi connectivity index (χ3n) is 3.89. The molecule has 0 saturated heterocycles. The molecule has 0 aliphatic carbocycles. The molecule has 0 aliphatic rings. The standard InChI is InChI=1S/C18H10Cl2F2N4O/c1-9-24-18(25-27-9)16-17(10-5-6-13(21)12(20)7-10)26(8-23-16)14-4-2-3-11(19)15(14)22/h2-8H,1H3. The van der Waals surface area contributed by atoms with Gasteiger partial charge in [-0.3, -0.25) is 4.57 Å². The number of hydrogen-bond donors (Lipinski definition) is 0. The monoisotopic (exact) mass is 406 g/mol. The molecular formula is C18H10Cl2F2N4O. The Hall–Kier alpha value is -2.77. The van der Waals surface area contributed by atoms with E-state index >= 15 is 0 Å². The zero-order valence-electron chi connectivity index (χ0n) is 13.8. The summed E-state index contributed by atoms with van der Waals surface area (Å²) >= 11 is 11.9. The summed E-state index contributed by atoms with van der Waals surface area (Å²) in [6.07, 6.45) is 1.41. The van der Waals surface area contributed by atoms with Crippen molar-refractivity contribution >= 4 is 23.2 Å². The lowest BCUT2D eigenvalue weighted by molar-refractivity contribution is 0.394. The highest BCUT2D eigenvalue weighted by Crippen LogP contribution is 2.35. The Balaban J connectivity index is 2.01. The van der Waals surface area contributed by atoms with Crippen LogP contribution in [0.3, 0.4) is 0 Å². The lowest BCUT2D eigenvalue weighted by Crippen LogP contribution is -2.00. The van der Waals surface area contributed by atoms with Gasteiger partial charge in [0.15, 0.2) is 5.82 Å². The highest BCUT2D eigenvalue weighted by molar-refractivity contribution is 6.31. The van der Waals surface area contributed by atoms with Crippen molar-refractivity contribution < 1.29 is 13.3 Å². The van der Waals surface area contributed by atoms with Gasteiger partial charge in [0.05, 0.1) is 21.4 Å². The van der Waals surface area contributed by atoms with Crippen molar-refractivity contribution in [1.29, 1.82) is 0 Å². The van der Waals surface area contributed by atoms with Crippen molar-refractivity contribution in [2.75, 3.05) is 0 Å². The van der Waals surface area contributed by atoms with Crippen LogP contribution in [0.25, 0.3) is 28.5 Å². The van der Waals surface area contributed by atoms with Gasteiger partial charge in [-0.2, -0.15) is 4.98 Å². The molecule has 2 heterocycles. The fourth-order valence-corrected chi connectivity index (χ4v) is 3.04. The Morgan fingerprint density at radius 2 is 1.89 bits per heavy atom. The van der Waals surface area contributed by atoms with Gasteiger partial charge in [-0.15, -0.1) is 0 Å². The number of nitrogens with zero attached hydrogens (tertiary/aromatic N) is 4. The van der Waals surface area contributed by atoms with E-state index in [-0.39, 0.29) is 21.6 Å². The second-order valence-electron chi connectivity index (χ2n) is 5.65. The van der Waals surface area contributed by atoms with Crippen molar-refractivity contribution in [3.8, 4) is 28.5 Å². The Morgan fingerprint density at radius 3 is 2.59 bits per heavy atom. The zero-order chi connectivity index (χ0) is 19.1. The Labute approximate surface area is 162 Å². The Morgan fingerprint density at radius 1 is 1.07 bits per heavy atom. The number of aromatic nitrogens is 4. The normalized spacial score (nSPS) is 11.1. The first-order valence-corrected chi connectivity index (χ1v) is 8.49. The predicted molar refractivity (Wildman–Crippen MR) is 97.0 cm³/mol. The van der Waals surface area contributed by atoms with E-state index < -0.39 is 11.6 Å². The maximum Gasteiger partial charge on any atom is 0.223 e. The molecule has 0 atom stereocenters. The van der Waals surface area contributed by atoms with Gasteiger partial charge in [0.25, 0.3) is 0 Å². The number of hydrogen-bond acceptors (Lipinski definition) is 4. The first kappa shape index (κ1) is 17.6. The number of benzene rings is 2. The van der Waals surface area contributed by atoms with E-state index in [2.05, 4.69) is 15.1 Å². The predicted octanol–water partition coefficient (Wildman–Crippen LogP) is 5.48. The second-order valence-corrected chi connectivity index (χ2v) is 6.47. The van der Waals surface area contributed by atoms with E-state index in [0.29, 0.717) is 22.8 Å². The molecule has 136 valence electrons. The van der Waals surface area contributed by atoms with Crippen LogP contribution in [-0.2, 0) is 0 Å². The molecule has 4 rings (SSSR count). The molecule has 0 N–H and O–H groups in total. The zero-order valence-corrected chi connectivity index (χ0v) is 15.3. The number of halogens is 4. The van der Waals surface area contributed by atoms with Crippen LogP contribution in [0.2, 0.25) is 10.0 Å². The van der Waals surface area contributed by atoms with Gasteiger partial charge in [0.1, 0.15) is 17.8 Å².